The lowest BCUT2D eigenvalue weighted by atomic mass is 10.0. The standard InChI is InChI=1S/C22H29N7/c1-15-7-3-6-10-19(15)29-16(2)20-14-27(11-12-28(20)22(29)26-23)21-13-24-17-8-4-5-9-18(17)25-21/h3-10,13,16-18,20,22-25H,11-12,14H2,1-2H3. The predicted octanol–water partition coefficient (Wildman–Crippen LogP) is 2.36. The molecule has 0 saturated carbocycles. The van der Waals surface area contributed by atoms with Crippen LogP contribution in [0.4, 0.5) is 5.69 Å². The number of aryl methyl sites for hydroxylation is 1. The molecule has 3 heterocycles. The molecule has 3 N–H and O–H groups in total. The summed E-state index contributed by atoms with van der Waals surface area (Å²) in [6, 6.07) is 9.64. The van der Waals surface area contributed by atoms with Gasteiger partial charge in [0.2, 0.25) is 0 Å². The van der Waals surface area contributed by atoms with Crippen LogP contribution >= 0.6 is 0 Å². The van der Waals surface area contributed by atoms with Gasteiger partial charge in [0.1, 0.15) is 5.82 Å². The van der Waals surface area contributed by atoms with Crippen molar-refractivity contribution in [1.29, 1.82) is 5.53 Å². The number of nitrogens with one attached hydrogen (secondary N) is 3. The number of para-hydroxylation sites is 1. The van der Waals surface area contributed by atoms with Crippen LogP contribution in [-0.4, -0.2) is 59.9 Å². The summed E-state index contributed by atoms with van der Waals surface area (Å²) in [7, 11) is 0. The lowest BCUT2D eigenvalue weighted by Crippen LogP contribution is -2.58. The second-order valence-corrected chi connectivity index (χ2v) is 8.32. The van der Waals surface area contributed by atoms with Crippen LogP contribution in [0.5, 0.6) is 0 Å². The average molecular weight is 392 g/mol. The van der Waals surface area contributed by atoms with E-state index in [0.29, 0.717) is 18.1 Å². The predicted molar refractivity (Wildman–Crippen MR) is 114 cm³/mol. The minimum atomic E-state index is -0.222. The lowest BCUT2D eigenvalue weighted by molar-refractivity contribution is 0.0870. The van der Waals surface area contributed by atoms with Crippen LogP contribution in [0.25, 0.3) is 0 Å². The Morgan fingerprint density at radius 3 is 2.69 bits per heavy atom. The molecule has 7 heteroatoms. The Morgan fingerprint density at radius 2 is 1.90 bits per heavy atom. The summed E-state index contributed by atoms with van der Waals surface area (Å²) in [5, 5.41) is 11.3. The molecule has 5 atom stereocenters. The SMILES string of the molecule is Cc1ccccc1N1C(C)C2CN(C3=CNC4C=CC=CC4N3)CCN2C1N=N. The third-order valence-electron chi connectivity index (χ3n) is 6.71. The van der Waals surface area contributed by atoms with Crippen molar-refractivity contribution in [3.63, 3.8) is 0 Å². The molecule has 152 valence electrons. The zero-order valence-electron chi connectivity index (χ0n) is 17.0. The number of piperazine rings is 1. The van der Waals surface area contributed by atoms with Crippen molar-refractivity contribution in [3.8, 4) is 0 Å². The number of hydrogen-bond donors (Lipinski definition) is 3. The van der Waals surface area contributed by atoms with Crippen LogP contribution in [0, 0.1) is 12.5 Å². The van der Waals surface area contributed by atoms with Gasteiger partial charge in [0.15, 0.2) is 6.29 Å². The molecule has 5 rings (SSSR count). The van der Waals surface area contributed by atoms with Gasteiger partial charge in [-0.25, -0.2) is 5.53 Å². The van der Waals surface area contributed by atoms with E-state index < -0.39 is 0 Å². The van der Waals surface area contributed by atoms with E-state index in [9.17, 15) is 0 Å². The first-order chi connectivity index (χ1) is 14.2. The Hall–Kier alpha value is -2.80. The molecule has 0 bridgehead atoms. The molecule has 1 aromatic rings. The maximum Gasteiger partial charge on any atom is 0.199 e. The molecular formula is C22H29N7. The maximum absolute atomic E-state index is 7.89. The van der Waals surface area contributed by atoms with Crippen LogP contribution in [0.1, 0.15) is 12.5 Å². The Morgan fingerprint density at radius 1 is 1.10 bits per heavy atom. The van der Waals surface area contributed by atoms with E-state index in [2.05, 4.69) is 99.1 Å². The smallest absolute Gasteiger partial charge is 0.199 e. The third-order valence-corrected chi connectivity index (χ3v) is 6.71. The van der Waals surface area contributed by atoms with E-state index in [4.69, 9.17) is 5.53 Å². The molecular weight excluding hydrogens is 362 g/mol. The molecule has 5 unspecified atom stereocenters. The molecule has 0 spiro atoms. The summed E-state index contributed by atoms with van der Waals surface area (Å²) in [5.74, 6) is 1.16. The number of rotatable bonds is 3. The van der Waals surface area contributed by atoms with Gasteiger partial charge in [-0.3, -0.25) is 4.90 Å². The van der Waals surface area contributed by atoms with E-state index in [1.54, 1.807) is 0 Å². The second kappa shape index (κ2) is 7.22. The molecule has 0 aromatic heterocycles. The van der Waals surface area contributed by atoms with Crippen LogP contribution in [0.2, 0.25) is 0 Å². The van der Waals surface area contributed by atoms with Gasteiger partial charge in [0, 0.05) is 37.6 Å². The van der Waals surface area contributed by atoms with E-state index >= 15 is 0 Å². The molecule has 1 aliphatic carbocycles. The van der Waals surface area contributed by atoms with Gasteiger partial charge in [0.25, 0.3) is 0 Å². The minimum Gasteiger partial charge on any atom is -0.379 e. The Kier molecular flexibility index (Phi) is 4.54. The number of allylic oxidation sites excluding steroid dienone is 2. The van der Waals surface area contributed by atoms with Crippen molar-refractivity contribution in [2.24, 2.45) is 5.11 Å². The first-order valence-corrected chi connectivity index (χ1v) is 10.5. The Balaban J connectivity index is 1.37. The Bertz CT molecular complexity index is 876. The summed E-state index contributed by atoms with van der Waals surface area (Å²) < 4.78 is 0. The van der Waals surface area contributed by atoms with E-state index in [1.165, 1.54) is 11.3 Å². The van der Waals surface area contributed by atoms with E-state index in [1.807, 2.05) is 0 Å². The van der Waals surface area contributed by atoms with Crippen molar-refractivity contribution in [2.75, 3.05) is 24.5 Å². The van der Waals surface area contributed by atoms with E-state index in [-0.39, 0.29) is 12.3 Å². The highest BCUT2D eigenvalue weighted by atomic mass is 15.6. The van der Waals surface area contributed by atoms with Crippen molar-refractivity contribution in [2.45, 2.75) is 44.3 Å². The summed E-state index contributed by atoms with van der Waals surface area (Å²) in [6.07, 6.45) is 10.5. The summed E-state index contributed by atoms with van der Waals surface area (Å²) in [5.41, 5.74) is 10.3. The highest BCUT2D eigenvalue weighted by Crippen LogP contribution is 2.36. The summed E-state index contributed by atoms with van der Waals surface area (Å²) in [4.78, 5) is 7.15. The average Bonchev–Trinajstić information content (AvgIpc) is 3.04. The van der Waals surface area contributed by atoms with Crippen LogP contribution in [0.3, 0.4) is 0 Å². The van der Waals surface area contributed by atoms with Gasteiger partial charge in [-0.05, 0) is 25.5 Å². The Labute approximate surface area is 172 Å². The van der Waals surface area contributed by atoms with Crippen molar-refractivity contribution in [3.05, 3.63) is 66.2 Å². The zero-order chi connectivity index (χ0) is 20.0. The molecule has 2 saturated heterocycles. The molecule has 2 fully saturated rings. The number of nitrogens with zero attached hydrogens (tertiary/aromatic N) is 4. The minimum absolute atomic E-state index is 0.222. The molecule has 1 aromatic carbocycles. The highest BCUT2D eigenvalue weighted by Gasteiger charge is 2.48. The van der Waals surface area contributed by atoms with Gasteiger partial charge < -0.3 is 20.4 Å². The molecule has 0 amide bonds. The normalized spacial score (nSPS) is 33.4. The fourth-order valence-electron chi connectivity index (χ4n) is 5.12. The number of anilines is 1. The molecule has 29 heavy (non-hydrogen) atoms. The summed E-state index contributed by atoms with van der Waals surface area (Å²) in [6.45, 7) is 7.15. The van der Waals surface area contributed by atoms with Crippen LogP contribution in [0.15, 0.2) is 65.7 Å². The van der Waals surface area contributed by atoms with Gasteiger partial charge in [0.05, 0.1) is 18.1 Å². The van der Waals surface area contributed by atoms with Crippen LogP contribution in [-0.2, 0) is 0 Å². The van der Waals surface area contributed by atoms with Crippen molar-refractivity contribution >= 4 is 5.69 Å². The van der Waals surface area contributed by atoms with Crippen LogP contribution < -0.4 is 15.5 Å². The van der Waals surface area contributed by atoms with Crippen molar-refractivity contribution in [1.82, 2.24) is 20.4 Å². The van der Waals surface area contributed by atoms with Gasteiger partial charge >= 0.3 is 0 Å². The molecule has 7 nitrogen and oxygen atoms in total. The van der Waals surface area contributed by atoms with Gasteiger partial charge in [-0.1, -0.05) is 42.5 Å². The first kappa shape index (κ1) is 18.2. The lowest BCUT2D eigenvalue weighted by Gasteiger charge is -2.43. The molecule has 0 radical (unpaired) electrons. The first-order valence-electron chi connectivity index (χ1n) is 10.5. The fraction of sp³-hybridized carbons (Fsp3) is 0.455. The molecule has 4 aliphatic rings. The number of hydrogen-bond acceptors (Lipinski definition) is 7. The second-order valence-electron chi connectivity index (χ2n) is 8.32. The topological polar surface area (TPSA) is 70.0 Å². The van der Waals surface area contributed by atoms with Gasteiger partial charge in [-0.15, -0.1) is 0 Å². The zero-order valence-corrected chi connectivity index (χ0v) is 17.0. The fourth-order valence-corrected chi connectivity index (χ4v) is 5.12. The quantitative estimate of drug-likeness (QED) is 0.690. The largest absolute Gasteiger partial charge is 0.379 e. The van der Waals surface area contributed by atoms with Gasteiger partial charge in [-0.2, -0.15) is 5.11 Å². The number of benzene rings is 1. The highest BCUT2D eigenvalue weighted by molar-refractivity contribution is 5.56. The number of fused-ring (bicyclic) bond motifs is 2. The van der Waals surface area contributed by atoms with Crippen molar-refractivity contribution < 1.29 is 0 Å². The monoisotopic (exact) mass is 391 g/mol. The maximum atomic E-state index is 7.89. The third kappa shape index (κ3) is 3.00. The molecule has 3 aliphatic heterocycles. The van der Waals surface area contributed by atoms with E-state index in [0.717, 1.165) is 25.5 Å². The summed E-state index contributed by atoms with van der Waals surface area (Å²) >= 11 is 0.